The Kier molecular flexibility index (Phi) is 6.38. The molecular formula is C16H17Cl2N3OS2. The van der Waals surface area contributed by atoms with E-state index in [1.54, 1.807) is 17.8 Å². The van der Waals surface area contributed by atoms with E-state index in [2.05, 4.69) is 15.5 Å². The SMILES string of the molecule is O=C(Nc1nnc(SCc2ccc(Cl)cc2Cl)s1)C1CCCCC1. The fourth-order valence-corrected chi connectivity index (χ4v) is 4.98. The molecule has 1 N–H and O–H groups in total. The predicted molar refractivity (Wildman–Crippen MR) is 101 cm³/mol. The van der Waals surface area contributed by atoms with E-state index in [9.17, 15) is 4.79 Å². The van der Waals surface area contributed by atoms with Crippen LogP contribution in [0.2, 0.25) is 10.0 Å². The van der Waals surface area contributed by atoms with E-state index in [0.717, 1.165) is 35.6 Å². The van der Waals surface area contributed by atoms with Gasteiger partial charge in [0.1, 0.15) is 0 Å². The van der Waals surface area contributed by atoms with Gasteiger partial charge in [-0.2, -0.15) is 0 Å². The largest absolute Gasteiger partial charge is 0.300 e. The number of nitrogens with one attached hydrogen (secondary N) is 1. The van der Waals surface area contributed by atoms with Gasteiger partial charge in [-0.1, -0.05) is 71.6 Å². The molecule has 4 nitrogen and oxygen atoms in total. The van der Waals surface area contributed by atoms with Crippen LogP contribution in [-0.4, -0.2) is 16.1 Å². The highest BCUT2D eigenvalue weighted by Gasteiger charge is 2.22. The summed E-state index contributed by atoms with van der Waals surface area (Å²) >= 11 is 15.0. The van der Waals surface area contributed by atoms with Gasteiger partial charge in [0.05, 0.1) is 0 Å². The minimum Gasteiger partial charge on any atom is -0.300 e. The number of thioether (sulfide) groups is 1. The fraction of sp³-hybridized carbons (Fsp3) is 0.438. The molecule has 128 valence electrons. The third-order valence-corrected chi connectivity index (χ3v) is 6.59. The summed E-state index contributed by atoms with van der Waals surface area (Å²) in [4.78, 5) is 12.2. The van der Waals surface area contributed by atoms with Crippen molar-refractivity contribution in [3.8, 4) is 0 Å². The van der Waals surface area contributed by atoms with E-state index in [4.69, 9.17) is 23.2 Å². The summed E-state index contributed by atoms with van der Waals surface area (Å²) in [5.41, 5.74) is 0.994. The minimum absolute atomic E-state index is 0.0724. The van der Waals surface area contributed by atoms with E-state index < -0.39 is 0 Å². The van der Waals surface area contributed by atoms with Gasteiger partial charge in [-0.25, -0.2) is 0 Å². The Labute approximate surface area is 159 Å². The number of anilines is 1. The zero-order chi connectivity index (χ0) is 16.9. The number of hydrogen-bond acceptors (Lipinski definition) is 5. The van der Waals surface area contributed by atoms with Crippen LogP contribution in [0.3, 0.4) is 0 Å². The average molecular weight is 402 g/mol. The molecule has 1 aliphatic rings. The maximum atomic E-state index is 12.2. The number of hydrogen-bond donors (Lipinski definition) is 1. The van der Waals surface area contributed by atoms with Crippen LogP contribution in [0.1, 0.15) is 37.7 Å². The van der Waals surface area contributed by atoms with Gasteiger partial charge >= 0.3 is 0 Å². The minimum atomic E-state index is 0.0724. The highest BCUT2D eigenvalue weighted by Crippen LogP contribution is 2.32. The molecule has 24 heavy (non-hydrogen) atoms. The summed E-state index contributed by atoms with van der Waals surface area (Å²) in [6.07, 6.45) is 5.45. The van der Waals surface area contributed by atoms with Crippen LogP contribution < -0.4 is 5.32 Å². The van der Waals surface area contributed by atoms with E-state index in [1.165, 1.54) is 17.8 Å². The van der Waals surface area contributed by atoms with E-state index in [0.29, 0.717) is 20.9 Å². The Morgan fingerprint density at radius 2 is 2.04 bits per heavy atom. The second kappa shape index (κ2) is 8.52. The normalized spacial score (nSPS) is 15.4. The Bertz CT molecular complexity index is 717. The molecule has 1 aliphatic carbocycles. The molecule has 0 atom stereocenters. The second-order valence-electron chi connectivity index (χ2n) is 5.72. The summed E-state index contributed by atoms with van der Waals surface area (Å²) in [6, 6.07) is 5.46. The number of rotatable bonds is 5. The van der Waals surface area contributed by atoms with Gasteiger partial charge in [0.25, 0.3) is 0 Å². The molecule has 1 amide bonds. The van der Waals surface area contributed by atoms with Crippen LogP contribution in [-0.2, 0) is 10.5 Å². The lowest BCUT2D eigenvalue weighted by Gasteiger charge is -2.19. The molecule has 1 fully saturated rings. The van der Waals surface area contributed by atoms with Crippen molar-refractivity contribution in [2.75, 3.05) is 5.32 Å². The molecule has 1 saturated carbocycles. The molecule has 0 saturated heterocycles. The first-order chi connectivity index (χ1) is 11.6. The van der Waals surface area contributed by atoms with Crippen LogP contribution in [0.15, 0.2) is 22.5 Å². The van der Waals surface area contributed by atoms with E-state index in [-0.39, 0.29) is 11.8 Å². The maximum Gasteiger partial charge on any atom is 0.229 e. The number of carbonyl (C=O) groups is 1. The number of benzene rings is 1. The number of nitrogens with zero attached hydrogens (tertiary/aromatic N) is 2. The summed E-state index contributed by atoms with van der Waals surface area (Å²) in [7, 11) is 0. The zero-order valence-corrected chi connectivity index (χ0v) is 16.1. The quantitative estimate of drug-likeness (QED) is 0.518. The van der Waals surface area contributed by atoms with Crippen molar-refractivity contribution in [2.24, 2.45) is 5.92 Å². The lowest BCUT2D eigenvalue weighted by molar-refractivity contribution is -0.120. The van der Waals surface area contributed by atoms with Crippen LogP contribution in [0.4, 0.5) is 5.13 Å². The van der Waals surface area contributed by atoms with Crippen molar-refractivity contribution in [3.05, 3.63) is 33.8 Å². The van der Waals surface area contributed by atoms with Crippen molar-refractivity contribution in [3.63, 3.8) is 0 Å². The molecule has 0 spiro atoms. The molecule has 1 aromatic heterocycles. The topological polar surface area (TPSA) is 54.9 Å². The Hall–Kier alpha value is -0.820. The van der Waals surface area contributed by atoms with Gasteiger partial charge in [0.2, 0.25) is 11.0 Å². The number of amides is 1. The van der Waals surface area contributed by atoms with Gasteiger partial charge in [-0.15, -0.1) is 10.2 Å². The van der Waals surface area contributed by atoms with E-state index in [1.807, 2.05) is 12.1 Å². The Morgan fingerprint density at radius 1 is 1.25 bits per heavy atom. The fourth-order valence-electron chi connectivity index (χ4n) is 2.67. The van der Waals surface area contributed by atoms with Crippen molar-refractivity contribution in [1.29, 1.82) is 0 Å². The molecule has 0 bridgehead atoms. The molecule has 0 aliphatic heterocycles. The molecule has 1 aromatic carbocycles. The highest BCUT2D eigenvalue weighted by molar-refractivity contribution is 8.00. The Morgan fingerprint density at radius 3 is 2.79 bits per heavy atom. The van der Waals surface area contributed by atoms with Crippen molar-refractivity contribution < 1.29 is 4.79 Å². The molecule has 0 unspecified atom stereocenters. The van der Waals surface area contributed by atoms with Crippen LogP contribution in [0, 0.1) is 5.92 Å². The number of carbonyl (C=O) groups excluding carboxylic acids is 1. The predicted octanol–water partition coefficient (Wildman–Crippen LogP) is 5.66. The maximum absolute atomic E-state index is 12.2. The smallest absolute Gasteiger partial charge is 0.229 e. The first kappa shape index (κ1) is 18.0. The van der Waals surface area contributed by atoms with Gasteiger partial charge in [-0.3, -0.25) is 4.79 Å². The van der Waals surface area contributed by atoms with Crippen molar-refractivity contribution in [2.45, 2.75) is 42.2 Å². The Balaban J connectivity index is 1.54. The molecule has 3 rings (SSSR count). The first-order valence-corrected chi connectivity index (χ1v) is 10.4. The van der Waals surface area contributed by atoms with Gasteiger partial charge in [-0.05, 0) is 30.5 Å². The summed E-state index contributed by atoms with van der Waals surface area (Å²) in [6.45, 7) is 0. The van der Waals surface area contributed by atoms with Crippen LogP contribution in [0.5, 0.6) is 0 Å². The third kappa shape index (κ3) is 4.85. The van der Waals surface area contributed by atoms with Gasteiger partial charge in [0.15, 0.2) is 4.34 Å². The highest BCUT2D eigenvalue weighted by atomic mass is 35.5. The second-order valence-corrected chi connectivity index (χ2v) is 8.77. The van der Waals surface area contributed by atoms with E-state index >= 15 is 0 Å². The van der Waals surface area contributed by atoms with Gasteiger partial charge < -0.3 is 5.32 Å². The monoisotopic (exact) mass is 401 g/mol. The van der Waals surface area contributed by atoms with Gasteiger partial charge in [0, 0.05) is 21.7 Å². The standard InChI is InChI=1S/C16H17Cl2N3OS2/c17-12-7-6-11(13(18)8-12)9-23-16-21-20-15(24-16)19-14(22)10-4-2-1-3-5-10/h6-8,10H,1-5,9H2,(H,19,20,22). The van der Waals surface area contributed by atoms with Crippen LogP contribution >= 0.6 is 46.3 Å². The molecule has 8 heteroatoms. The molecular weight excluding hydrogens is 385 g/mol. The lowest BCUT2D eigenvalue weighted by atomic mass is 9.89. The molecule has 2 aromatic rings. The lowest BCUT2D eigenvalue weighted by Crippen LogP contribution is -2.24. The molecule has 1 heterocycles. The molecule has 0 radical (unpaired) electrons. The number of halogens is 2. The summed E-state index contributed by atoms with van der Waals surface area (Å²) < 4.78 is 0.806. The van der Waals surface area contributed by atoms with Crippen molar-refractivity contribution in [1.82, 2.24) is 10.2 Å². The summed E-state index contributed by atoms with van der Waals surface area (Å²) in [5, 5.41) is 12.9. The first-order valence-electron chi connectivity index (χ1n) is 7.83. The third-order valence-electron chi connectivity index (χ3n) is 3.98. The number of aromatic nitrogens is 2. The van der Waals surface area contributed by atoms with Crippen LogP contribution in [0.25, 0.3) is 0 Å². The summed E-state index contributed by atoms with van der Waals surface area (Å²) in [5.74, 6) is 0.871. The zero-order valence-electron chi connectivity index (χ0n) is 12.9. The van der Waals surface area contributed by atoms with Crippen molar-refractivity contribution >= 4 is 57.3 Å². The average Bonchev–Trinajstić information content (AvgIpc) is 3.02.